The van der Waals surface area contributed by atoms with Crippen molar-refractivity contribution in [2.24, 2.45) is 0 Å². The maximum atomic E-state index is 13.9. The first kappa shape index (κ1) is 18.4. The van der Waals surface area contributed by atoms with Gasteiger partial charge in [0, 0.05) is 24.5 Å². The number of benzene rings is 1. The molecule has 5 nitrogen and oxygen atoms in total. The topological polar surface area (TPSA) is 62.3 Å². The zero-order valence-corrected chi connectivity index (χ0v) is 15.3. The molecule has 0 unspecified atom stereocenters. The molecule has 1 fully saturated rings. The number of rotatable bonds is 8. The summed E-state index contributed by atoms with van der Waals surface area (Å²) in [7, 11) is -3.21. The average molecular weight is 387 g/mol. The predicted octanol–water partition coefficient (Wildman–Crippen LogP) is 2.60. The molecular weight excluding hydrogens is 368 g/mol. The highest BCUT2D eigenvalue weighted by molar-refractivity contribution is 7.88. The number of thiazole rings is 1. The quantitative estimate of drug-likeness (QED) is 0.756. The second kappa shape index (κ2) is 7.45. The fourth-order valence-electron chi connectivity index (χ4n) is 2.62. The number of halogens is 2. The molecule has 1 aromatic heterocycles. The Morgan fingerprint density at radius 2 is 2.00 bits per heavy atom. The Hall–Kier alpha value is -1.42. The second-order valence-electron chi connectivity index (χ2n) is 6.09. The van der Waals surface area contributed by atoms with Gasteiger partial charge in [-0.2, -0.15) is 0 Å². The third-order valence-corrected chi connectivity index (χ3v) is 5.50. The summed E-state index contributed by atoms with van der Waals surface area (Å²) < 4.78 is 52.6. The Morgan fingerprint density at radius 1 is 1.32 bits per heavy atom. The third kappa shape index (κ3) is 5.04. The minimum Gasteiger partial charge on any atom is -0.292 e. The van der Waals surface area contributed by atoms with Gasteiger partial charge in [-0.05, 0) is 25.0 Å². The molecule has 1 aliphatic carbocycles. The van der Waals surface area contributed by atoms with Crippen LogP contribution in [-0.4, -0.2) is 43.7 Å². The summed E-state index contributed by atoms with van der Waals surface area (Å²) in [6.45, 7) is 1.44. The van der Waals surface area contributed by atoms with Crippen LogP contribution in [0.5, 0.6) is 0 Å². The van der Waals surface area contributed by atoms with Crippen molar-refractivity contribution in [3.8, 4) is 11.3 Å². The van der Waals surface area contributed by atoms with Crippen molar-refractivity contribution >= 4 is 21.4 Å². The van der Waals surface area contributed by atoms with Crippen LogP contribution in [0.2, 0.25) is 0 Å². The fourth-order valence-corrected chi connectivity index (χ4v) is 3.89. The van der Waals surface area contributed by atoms with Crippen LogP contribution in [0.4, 0.5) is 8.78 Å². The predicted molar refractivity (Wildman–Crippen MR) is 93.7 cm³/mol. The van der Waals surface area contributed by atoms with Gasteiger partial charge < -0.3 is 0 Å². The van der Waals surface area contributed by atoms with Crippen molar-refractivity contribution in [2.45, 2.75) is 25.4 Å². The van der Waals surface area contributed by atoms with Crippen LogP contribution in [0.25, 0.3) is 11.3 Å². The van der Waals surface area contributed by atoms with Crippen LogP contribution < -0.4 is 4.72 Å². The molecule has 0 atom stereocenters. The van der Waals surface area contributed by atoms with E-state index in [4.69, 9.17) is 0 Å². The molecule has 1 saturated carbocycles. The summed E-state index contributed by atoms with van der Waals surface area (Å²) in [6, 6.07) is 4.17. The first-order valence-electron chi connectivity index (χ1n) is 7.91. The Labute approximate surface area is 149 Å². The van der Waals surface area contributed by atoms with Gasteiger partial charge in [-0.25, -0.2) is 26.9 Å². The molecule has 0 spiro atoms. The lowest BCUT2D eigenvalue weighted by Gasteiger charge is -2.20. The van der Waals surface area contributed by atoms with Crippen molar-refractivity contribution in [2.75, 3.05) is 19.3 Å². The summed E-state index contributed by atoms with van der Waals surface area (Å²) in [5.74, 6) is -1.26. The SMILES string of the molecule is CS(=O)(=O)NCCN(Cc1nc(-c2c(F)cccc2F)cs1)C1CC1. The molecule has 136 valence electrons. The largest absolute Gasteiger partial charge is 0.292 e. The molecule has 1 heterocycles. The molecule has 0 bridgehead atoms. The molecule has 9 heteroatoms. The van der Waals surface area contributed by atoms with Crippen molar-refractivity contribution in [1.82, 2.24) is 14.6 Å². The number of sulfonamides is 1. The lowest BCUT2D eigenvalue weighted by atomic mass is 10.1. The molecule has 0 aliphatic heterocycles. The third-order valence-electron chi connectivity index (χ3n) is 3.94. The van der Waals surface area contributed by atoms with Gasteiger partial charge in [0.25, 0.3) is 0 Å². The molecule has 0 saturated heterocycles. The van der Waals surface area contributed by atoms with E-state index in [-0.39, 0.29) is 5.56 Å². The van der Waals surface area contributed by atoms with E-state index < -0.39 is 21.7 Å². The second-order valence-corrected chi connectivity index (χ2v) is 8.87. The van der Waals surface area contributed by atoms with Gasteiger partial charge in [0.2, 0.25) is 10.0 Å². The number of nitrogens with zero attached hydrogens (tertiary/aromatic N) is 2. The molecular formula is C16H19F2N3O2S2. The Balaban J connectivity index is 1.69. The minimum absolute atomic E-state index is 0.110. The maximum absolute atomic E-state index is 13.9. The smallest absolute Gasteiger partial charge is 0.208 e. The molecule has 0 radical (unpaired) electrons. The van der Waals surface area contributed by atoms with E-state index in [9.17, 15) is 17.2 Å². The highest BCUT2D eigenvalue weighted by atomic mass is 32.2. The van der Waals surface area contributed by atoms with E-state index >= 15 is 0 Å². The highest BCUT2D eigenvalue weighted by Gasteiger charge is 2.29. The van der Waals surface area contributed by atoms with Crippen LogP contribution in [0.15, 0.2) is 23.6 Å². The van der Waals surface area contributed by atoms with Gasteiger partial charge in [0.1, 0.15) is 16.6 Å². The standard InChI is InChI=1S/C16H19F2N3O2S2/c1-25(22,23)19-7-8-21(11-5-6-11)9-15-20-14(10-24-15)16-12(17)3-2-4-13(16)18/h2-4,10-11,19H,5-9H2,1H3. The highest BCUT2D eigenvalue weighted by Crippen LogP contribution is 2.31. The number of nitrogens with one attached hydrogen (secondary N) is 1. The van der Waals surface area contributed by atoms with Gasteiger partial charge in [0.15, 0.2) is 0 Å². The van der Waals surface area contributed by atoms with Crippen molar-refractivity contribution < 1.29 is 17.2 Å². The van der Waals surface area contributed by atoms with Crippen LogP contribution in [0.3, 0.4) is 0 Å². The van der Waals surface area contributed by atoms with Crippen LogP contribution in [-0.2, 0) is 16.6 Å². The zero-order chi connectivity index (χ0) is 18.0. The van der Waals surface area contributed by atoms with Gasteiger partial charge in [-0.1, -0.05) is 6.07 Å². The Kier molecular flexibility index (Phi) is 5.47. The van der Waals surface area contributed by atoms with Gasteiger partial charge in [0.05, 0.1) is 24.1 Å². The number of hydrogen-bond acceptors (Lipinski definition) is 5. The van der Waals surface area contributed by atoms with Crippen LogP contribution in [0, 0.1) is 11.6 Å². The lowest BCUT2D eigenvalue weighted by Crippen LogP contribution is -2.35. The summed E-state index contributed by atoms with van der Waals surface area (Å²) in [5, 5.41) is 2.40. The van der Waals surface area contributed by atoms with E-state index in [0.717, 1.165) is 24.1 Å². The first-order chi connectivity index (χ1) is 11.8. The summed E-state index contributed by atoms with van der Waals surface area (Å²) >= 11 is 1.35. The molecule has 1 aliphatic rings. The molecule has 3 rings (SSSR count). The number of hydrogen-bond donors (Lipinski definition) is 1. The van der Waals surface area contributed by atoms with Crippen LogP contribution >= 0.6 is 11.3 Å². The summed E-state index contributed by atoms with van der Waals surface area (Å²) in [4.78, 5) is 6.52. The van der Waals surface area contributed by atoms with Crippen LogP contribution in [0.1, 0.15) is 17.8 Å². The Morgan fingerprint density at radius 3 is 2.60 bits per heavy atom. The average Bonchev–Trinajstić information content (AvgIpc) is 3.26. The van der Waals surface area contributed by atoms with Crippen molar-refractivity contribution in [3.63, 3.8) is 0 Å². The molecule has 1 aromatic carbocycles. The van der Waals surface area contributed by atoms with Crippen molar-refractivity contribution in [1.29, 1.82) is 0 Å². The zero-order valence-electron chi connectivity index (χ0n) is 13.7. The molecule has 0 amide bonds. The summed E-state index contributed by atoms with van der Waals surface area (Å²) in [5.41, 5.74) is 0.183. The molecule has 25 heavy (non-hydrogen) atoms. The van der Waals surface area contributed by atoms with E-state index in [0.29, 0.717) is 31.4 Å². The summed E-state index contributed by atoms with van der Waals surface area (Å²) in [6.07, 6.45) is 3.27. The van der Waals surface area contributed by atoms with Gasteiger partial charge >= 0.3 is 0 Å². The van der Waals surface area contributed by atoms with E-state index in [1.54, 1.807) is 5.38 Å². The fraction of sp³-hybridized carbons (Fsp3) is 0.438. The van der Waals surface area contributed by atoms with Gasteiger partial charge in [-0.15, -0.1) is 11.3 Å². The first-order valence-corrected chi connectivity index (χ1v) is 10.7. The normalized spacial score (nSPS) is 15.0. The Bertz CT molecular complexity index is 831. The lowest BCUT2D eigenvalue weighted by molar-refractivity contribution is 0.259. The monoisotopic (exact) mass is 387 g/mol. The van der Waals surface area contributed by atoms with E-state index in [1.165, 1.54) is 29.5 Å². The molecule has 1 N–H and O–H groups in total. The minimum atomic E-state index is -3.21. The van der Waals surface area contributed by atoms with E-state index in [1.807, 2.05) is 0 Å². The van der Waals surface area contributed by atoms with Crippen molar-refractivity contribution in [3.05, 3.63) is 40.2 Å². The number of aromatic nitrogens is 1. The molecule has 2 aromatic rings. The van der Waals surface area contributed by atoms with E-state index in [2.05, 4.69) is 14.6 Å². The van der Waals surface area contributed by atoms with Gasteiger partial charge in [-0.3, -0.25) is 4.90 Å². The maximum Gasteiger partial charge on any atom is 0.208 e.